The van der Waals surface area contributed by atoms with Crippen molar-refractivity contribution in [2.45, 2.75) is 44.1 Å². The number of benzene rings is 2. The zero-order chi connectivity index (χ0) is 23.5. The van der Waals surface area contributed by atoms with Crippen LogP contribution in [0.15, 0.2) is 71.6 Å². The minimum Gasteiger partial charge on any atom is -0.469 e. The van der Waals surface area contributed by atoms with Gasteiger partial charge in [0, 0.05) is 16.8 Å². The number of rotatable bonds is 6. The van der Waals surface area contributed by atoms with Gasteiger partial charge in [-0.2, -0.15) is 0 Å². The molecule has 2 aromatic carbocycles. The van der Waals surface area contributed by atoms with Gasteiger partial charge in [0.25, 0.3) is 15.9 Å². The summed E-state index contributed by atoms with van der Waals surface area (Å²) in [4.78, 5) is 17.4. The maximum Gasteiger partial charge on any atom is 0.270 e. The molecule has 0 aliphatic carbocycles. The van der Waals surface area contributed by atoms with Crippen LogP contribution in [-0.2, 0) is 15.4 Å². The lowest BCUT2D eigenvalue weighted by Crippen LogP contribution is -2.31. The summed E-state index contributed by atoms with van der Waals surface area (Å²) in [6, 6.07) is 18.4. The molecule has 1 atom stereocenters. The summed E-state index contributed by atoms with van der Waals surface area (Å²) in [6.45, 7) is 7.81. The number of amides is 1. The first-order valence-electron chi connectivity index (χ1n) is 10.1. The number of nitrogen functional groups attached to an aromatic ring is 1. The van der Waals surface area contributed by atoms with E-state index in [1.54, 1.807) is 12.1 Å². The molecule has 0 fully saturated rings. The summed E-state index contributed by atoms with van der Waals surface area (Å²) < 4.78 is 33.5. The van der Waals surface area contributed by atoms with Crippen molar-refractivity contribution < 1.29 is 17.9 Å². The fraction of sp³-hybridized carbons (Fsp3) is 0.250. The molecule has 1 unspecified atom stereocenters. The normalized spacial score (nSPS) is 12.8. The molecule has 1 heterocycles. The van der Waals surface area contributed by atoms with Gasteiger partial charge in [-0.05, 0) is 42.8 Å². The number of hydrogen-bond donors (Lipinski definition) is 2. The second-order valence-electron chi connectivity index (χ2n) is 8.48. The van der Waals surface area contributed by atoms with E-state index in [0.29, 0.717) is 5.69 Å². The Morgan fingerprint density at radius 3 is 2.34 bits per heavy atom. The first-order valence-corrected chi connectivity index (χ1v) is 11.6. The lowest BCUT2D eigenvalue weighted by atomic mass is 9.91. The summed E-state index contributed by atoms with van der Waals surface area (Å²) in [7, 11) is -4.13. The van der Waals surface area contributed by atoms with E-state index in [0.717, 1.165) is 5.56 Å². The van der Waals surface area contributed by atoms with Crippen molar-refractivity contribution in [2.24, 2.45) is 0 Å². The molecule has 1 amide bonds. The Bertz CT molecular complexity index is 1220. The number of anilines is 1. The molecular weight excluding hydrogens is 426 g/mol. The van der Waals surface area contributed by atoms with Crippen LogP contribution in [0.5, 0.6) is 5.88 Å². The van der Waals surface area contributed by atoms with Crippen LogP contribution in [-0.4, -0.2) is 19.3 Å². The number of hydrogen-bond acceptors (Lipinski definition) is 6. The number of carbonyl (C=O) groups excluding carboxylic acids is 1. The third-order valence-electron chi connectivity index (χ3n) is 4.83. The number of nitrogens with one attached hydrogen (secondary N) is 1. The van der Waals surface area contributed by atoms with Gasteiger partial charge in [-0.25, -0.2) is 18.1 Å². The van der Waals surface area contributed by atoms with E-state index >= 15 is 0 Å². The van der Waals surface area contributed by atoms with E-state index < -0.39 is 22.0 Å². The standard InChI is InChI=1S/C24H27N3O4S/c1-16(17-9-6-5-7-10-17)31-23-20(13-14-21(26-23)24(2,3)4)22(28)27-32(29,30)19-12-8-11-18(25)15-19/h5-16H,25H2,1-4H3,(H,27,28). The van der Waals surface area contributed by atoms with Gasteiger partial charge in [0.1, 0.15) is 11.7 Å². The van der Waals surface area contributed by atoms with Crippen LogP contribution >= 0.6 is 0 Å². The minimum absolute atomic E-state index is 0.0215. The maximum absolute atomic E-state index is 13.0. The molecule has 0 saturated heterocycles. The second kappa shape index (κ2) is 9.00. The van der Waals surface area contributed by atoms with Gasteiger partial charge < -0.3 is 10.5 Å². The van der Waals surface area contributed by atoms with E-state index in [-0.39, 0.29) is 27.4 Å². The molecule has 32 heavy (non-hydrogen) atoms. The molecule has 3 aromatic rings. The number of sulfonamides is 1. The van der Waals surface area contributed by atoms with Crippen LogP contribution in [0.2, 0.25) is 0 Å². The fourth-order valence-corrected chi connectivity index (χ4v) is 4.02. The summed E-state index contributed by atoms with van der Waals surface area (Å²) in [6.07, 6.45) is -0.406. The fourth-order valence-electron chi connectivity index (χ4n) is 3.00. The molecule has 0 saturated carbocycles. The van der Waals surface area contributed by atoms with Crippen LogP contribution in [0, 0.1) is 0 Å². The Kier molecular flexibility index (Phi) is 6.55. The SMILES string of the molecule is CC(Oc1nc(C(C)(C)C)ccc1C(=O)NS(=O)(=O)c1cccc(N)c1)c1ccccc1. The molecule has 0 radical (unpaired) electrons. The van der Waals surface area contributed by atoms with Gasteiger partial charge in [0.2, 0.25) is 5.88 Å². The summed E-state index contributed by atoms with van der Waals surface area (Å²) >= 11 is 0. The largest absolute Gasteiger partial charge is 0.469 e. The molecule has 0 bridgehead atoms. The zero-order valence-electron chi connectivity index (χ0n) is 18.5. The third kappa shape index (κ3) is 5.45. The van der Waals surface area contributed by atoms with E-state index in [2.05, 4.69) is 9.71 Å². The Morgan fingerprint density at radius 1 is 1.03 bits per heavy atom. The third-order valence-corrected chi connectivity index (χ3v) is 6.15. The van der Waals surface area contributed by atoms with Crippen LogP contribution in [0.4, 0.5) is 5.69 Å². The van der Waals surface area contributed by atoms with Crippen molar-refractivity contribution in [3.63, 3.8) is 0 Å². The van der Waals surface area contributed by atoms with Crippen LogP contribution < -0.4 is 15.2 Å². The van der Waals surface area contributed by atoms with Gasteiger partial charge >= 0.3 is 0 Å². The van der Waals surface area contributed by atoms with E-state index in [1.807, 2.05) is 58.0 Å². The Morgan fingerprint density at radius 2 is 1.72 bits per heavy atom. The molecule has 7 nitrogen and oxygen atoms in total. The van der Waals surface area contributed by atoms with E-state index in [4.69, 9.17) is 10.5 Å². The van der Waals surface area contributed by atoms with Crippen molar-refractivity contribution in [3.8, 4) is 5.88 Å². The van der Waals surface area contributed by atoms with Crippen LogP contribution in [0.1, 0.15) is 55.4 Å². The number of pyridine rings is 1. The first kappa shape index (κ1) is 23.3. The number of ether oxygens (including phenoxy) is 1. The number of nitrogens with two attached hydrogens (primary N) is 1. The van der Waals surface area contributed by atoms with E-state index in [1.165, 1.54) is 24.3 Å². The van der Waals surface area contributed by atoms with Gasteiger partial charge in [-0.1, -0.05) is 57.2 Å². The molecule has 0 aliphatic rings. The average molecular weight is 454 g/mol. The highest BCUT2D eigenvalue weighted by Crippen LogP contribution is 2.28. The highest BCUT2D eigenvalue weighted by Gasteiger charge is 2.25. The monoisotopic (exact) mass is 453 g/mol. The lowest BCUT2D eigenvalue weighted by Gasteiger charge is -2.22. The molecule has 1 aromatic heterocycles. The Labute approximate surface area is 188 Å². The zero-order valence-corrected chi connectivity index (χ0v) is 19.3. The topological polar surface area (TPSA) is 111 Å². The lowest BCUT2D eigenvalue weighted by molar-refractivity contribution is 0.0973. The molecular formula is C24H27N3O4S. The molecule has 3 N–H and O–H groups in total. The smallest absolute Gasteiger partial charge is 0.270 e. The van der Waals surface area contributed by atoms with Crippen molar-refractivity contribution in [3.05, 3.63) is 83.6 Å². The Balaban J connectivity index is 1.96. The van der Waals surface area contributed by atoms with Crippen molar-refractivity contribution in [2.75, 3.05) is 5.73 Å². The van der Waals surface area contributed by atoms with Crippen molar-refractivity contribution in [1.82, 2.24) is 9.71 Å². The van der Waals surface area contributed by atoms with Crippen LogP contribution in [0.25, 0.3) is 0 Å². The molecule has 168 valence electrons. The molecule has 8 heteroatoms. The summed E-state index contributed by atoms with van der Waals surface area (Å²) in [5, 5.41) is 0. The van der Waals surface area contributed by atoms with Crippen molar-refractivity contribution in [1.29, 1.82) is 0 Å². The number of aromatic nitrogens is 1. The van der Waals surface area contributed by atoms with Gasteiger partial charge in [0.15, 0.2) is 0 Å². The first-order chi connectivity index (χ1) is 15.0. The highest BCUT2D eigenvalue weighted by molar-refractivity contribution is 7.90. The van der Waals surface area contributed by atoms with E-state index in [9.17, 15) is 13.2 Å². The maximum atomic E-state index is 13.0. The van der Waals surface area contributed by atoms with Gasteiger partial charge in [-0.3, -0.25) is 4.79 Å². The van der Waals surface area contributed by atoms with Crippen molar-refractivity contribution >= 4 is 21.6 Å². The predicted octanol–water partition coefficient (Wildman–Crippen LogP) is 4.22. The van der Waals surface area contributed by atoms with Gasteiger partial charge in [0.05, 0.1) is 4.90 Å². The minimum atomic E-state index is -4.13. The molecule has 0 aliphatic heterocycles. The molecule has 0 spiro atoms. The highest BCUT2D eigenvalue weighted by atomic mass is 32.2. The second-order valence-corrected chi connectivity index (χ2v) is 10.2. The Hall–Kier alpha value is -3.39. The summed E-state index contributed by atoms with van der Waals surface area (Å²) in [5.41, 5.74) is 7.29. The molecule has 3 rings (SSSR count). The predicted molar refractivity (Wildman–Crippen MR) is 124 cm³/mol. The van der Waals surface area contributed by atoms with Crippen LogP contribution in [0.3, 0.4) is 0 Å². The number of nitrogens with zero attached hydrogens (tertiary/aromatic N) is 1. The summed E-state index contributed by atoms with van der Waals surface area (Å²) in [5.74, 6) is -0.773. The quantitative estimate of drug-likeness (QED) is 0.541. The number of carbonyl (C=O) groups is 1. The average Bonchev–Trinajstić information content (AvgIpc) is 2.73. The van der Waals surface area contributed by atoms with Gasteiger partial charge in [-0.15, -0.1) is 0 Å².